The van der Waals surface area contributed by atoms with Crippen LogP contribution in [0.3, 0.4) is 0 Å². The summed E-state index contributed by atoms with van der Waals surface area (Å²) >= 11 is 12.5. The average Bonchev–Trinajstić information content (AvgIpc) is 3.38. The number of ketones is 1. The van der Waals surface area contributed by atoms with Crippen LogP contribution in [0.25, 0.3) is 0 Å². The third-order valence-corrected chi connectivity index (χ3v) is 7.83. The zero-order valence-electron chi connectivity index (χ0n) is 24.9. The molecule has 11 heteroatoms. The van der Waals surface area contributed by atoms with Gasteiger partial charge in [-0.25, -0.2) is 4.99 Å². The maximum absolute atomic E-state index is 14.6. The zero-order chi connectivity index (χ0) is 31.5. The Morgan fingerprint density at radius 3 is 2.20 bits per heavy atom. The molecule has 0 N–H and O–H groups in total. The standard InChI is InChI=1S/C33H33Cl2N4O5/c1-20(2)44-28-17-26(43-4)13-14-27(28)32-36-30(22-5-9-24(34)10-6-22)31(23-7-11-25(35)12-8-23)39(32)33(42)38-16-15-37(18-21(3)40)29(41)19-38/h5-14,16-17,20,30-31H,15,18-19H2,1-4H3/q+1. The van der Waals surface area contributed by atoms with Crippen molar-refractivity contribution in [3.05, 3.63) is 93.5 Å². The highest BCUT2D eigenvalue weighted by molar-refractivity contribution is 6.30. The van der Waals surface area contributed by atoms with Gasteiger partial charge >= 0.3 is 6.03 Å². The number of carbonyl (C=O) groups is 3. The van der Waals surface area contributed by atoms with E-state index in [0.29, 0.717) is 32.9 Å². The quantitative estimate of drug-likeness (QED) is 0.285. The number of ether oxygens (including phenoxy) is 2. The van der Waals surface area contributed by atoms with Gasteiger partial charge in [-0.2, -0.15) is 14.3 Å². The summed E-state index contributed by atoms with van der Waals surface area (Å²) in [6.45, 7) is 5.15. The summed E-state index contributed by atoms with van der Waals surface area (Å²) in [7, 11) is 1.57. The molecule has 2 unspecified atom stereocenters. The molecule has 44 heavy (non-hydrogen) atoms. The van der Waals surface area contributed by atoms with Gasteiger partial charge in [0, 0.05) is 16.1 Å². The molecule has 3 aromatic rings. The molecule has 2 atom stereocenters. The predicted molar refractivity (Wildman–Crippen MR) is 169 cm³/mol. The van der Waals surface area contributed by atoms with Crippen LogP contribution in [0, 0.1) is 0 Å². The highest BCUT2D eigenvalue weighted by Crippen LogP contribution is 2.45. The molecule has 228 valence electrons. The van der Waals surface area contributed by atoms with Gasteiger partial charge in [0.1, 0.15) is 23.3 Å². The van der Waals surface area contributed by atoms with E-state index in [1.165, 1.54) is 16.4 Å². The number of aliphatic imine (C=N–C) groups is 1. The van der Waals surface area contributed by atoms with Crippen LogP contribution < -0.4 is 9.47 Å². The minimum Gasteiger partial charge on any atom is -0.497 e. The largest absolute Gasteiger partial charge is 0.500 e. The Hall–Kier alpha value is -4.21. The highest BCUT2D eigenvalue weighted by atomic mass is 35.5. The predicted octanol–water partition coefficient (Wildman–Crippen LogP) is 5.97. The van der Waals surface area contributed by atoms with Crippen LogP contribution in [0.5, 0.6) is 11.5 Å². The Kier molecular flexibility index (Phi) is 9.36. The van der Waals surface area contributed by atoms with Crippen LogP contribution in [0.1, 0.15) is 49.5 Å². The van der Waals surface area contributed by atoms with Crippen LogP contribution in [0.2, 0.25) is 10.0 Å². The molecule has 3 amide bonds. The van der Waals surface area contributed by atoms with Crippen molar-refractivity contribution in [3.8, 4) is 11.5 Å². The molecular weight excluding hydrogens is 603 g/mol. The summed E-state index contributed by atoms with van der Waals surface area (Å²) in [5, 5.41) is 1.13. The van der Waals surface area contributed by atoms with Crippen LogP contribution >= 0.6 is 23.2 Å². The first kappa shape index (κ1) is 31.2. The lowest BCUT2D eigenvalue weighted by molar-refractivity contribution is -0.425. The number of hydrogen-bond donors (Lipinski definition) is 0. The van der Waals surface area contributed by atoms with Gasteiger partial charge < -0.3 is 14.4 Å². The lowest BCUT2D eigenvalue weighted by atomic mass is 9.94. The van der Waals surface area contributed by atoms with Gasteiger partial charge in [-0.3, -0.25) is 9.59 Å². The number of benzene rings is 3. The summed E-state index contributed by atoms with van der Waals surface area (Å²) in [5.41, 5.74) is 2.22. The number of Topliss-reactive ketones (excluding diaryl/α,β-unsaturated/α-hetero) is 1. The van der Waals surface area contributed by atoms with Crippen molar-refractivity contribution in [2.75, 3.05) is 26.7 Å². The molecular formula is C33H33Cl2N4O5+. The molecule has 5 rings (SSSR count). The van der Waals surface area contributed by atoms with E-state index in [4.69, 9.17) is 37.7 Å². The lowest BCUT2D eigenvalue weighted by Gasteiger charge is -2.27. The molecule has 0 aromatic heterocycles. The number of amides is 3. The Morgan fingerprint density at radius 2 is 1.64 bits per heavy atom. The third kappa shape index (κ3) is 6.64. The SMILES string of the molecule is COc1ccc(C2=NC(c3ccc(Cl)cc3)C(c3ccc(Cl)cc3)N2C(=O)[N+]2=CCN(CC(C)=O)C(=O)C2)c(OC(C)C)c1. The van der Waals surface area contributed by atoms with E-state index >= 15 is 0 Å². The average molecular weight is 637 g/mol. The lowest BCUT2D eigenvalue weighted by Crippen LogP contribution is -2.51. The van der Waals surface area contributed by atoms with E-state index in [1.54, 1.807) is 54.6 Å². The summed E-state index contributed by atoms with van der Waals surface area (Å²) in [5.74, 6) is 1.00. The second-order valence-corrected chi connectivity index (χ2v) is 11.8. The van der Waals surface area contributed by atoms with E-state index < -0.39 is 18.1 Å². The van der Waals surface area contributed by atoms with Crippen molar-refractivity contribution in [1.29, 1.82) is 0 Å². The second kappa shape index (κ2) is 13.2. The van der Waals surface area contributed by atoms with Gasteiger partial charge in [0.15, 0.2) is 12.6 Å². The third-order valence-electron chi connectivity index (χ3n) is 7.33. The maximum Gasteiger partial charge on any atom is 0.500 e. The second-order valence-electron chi connectivity index (χ2n) is 10.9. The van der Waals surface area contributed by atoms with E-state index in [0.717, 1.165) is 11.1 Å². The van der Waals surface area contributed by atoms with Crippen LogP contribution in [-0.2, 0) is 9.59 Å². The maximum atomic E-state index is 14.6. The Labute approximate surface area is 266 Å². The fourth-order valence-electron chi connectivity index (χ4n) is 5.34. The molecule has 2 aliphatic rings. The van der Waals surface area contributed by atoms with Crippen molar-refractivity contribution in [2.24, 2.45) is 4.99 Å². The van der Waals surface area contributed by atoms with Crippen molar-refractivity contribution in [3.63, 3.8) is 0 Å². The van der Waals surface area contributed by atoms with E-state index in [9.17, 15) is 14.4 Å². The van der Waals surface area contributed by atoms with Gasteiger partial charge in [0.25, 0.3) is 5.91 Å². The summed E-state index contributed by atoms with van der Waals surface area (Å²) in [6, 6.07) is 18.4. The van der Waals surface area contributed by atoms with Gasteiger partial charge in [-0.1, -0.05) is 47.5 Å². The van der Waals surface area contributed by atoms with Crippen LogP contribution in [0.4, 0.5) is 4.79 Å². The molecule has 3 aromatic carbocycles. The number of urea groups is 1. The topological polar surface area (TPSA) is 91.5 Å². The van der Waals surface area contributed by atoms with E-state index in [2.05, 4.69) is 0 Å². The fourth-order valence-corrected chi connectivity index (χ4v) is 5.59. The monoisotopic (exact) mass is 635 g/mol. The Morgan fingerprint density at radius 1 is 1.00 bits per heavy atom. The molecule has 0 fully saturated rings. The summed E-state index contributed by atoms with van der Waals surface area (Å²) < 4.78 is 13.1. The van der Waals surface area contributed by atoms with Gasteiger partial charge in [0.05, 0.1) is 38.1 Å². The minimum atomic E-state index is -0.608. The van der Waals surface area contributed by atoms with Gasteiger partial charge in [-0.05, 0) is 68.3 Å². The smallest absolute Gasteiger partial charge is 0.497 e. The molecule has 0 bridgehead atoms. The summed E-state index contributed by atoms with van der Waals surface area (Å²) in [4.78, 5) is 47.5. The van der Waals surface area contributed by atoms with Crippen molar-refractivity contribution in [2.45, 2.75) is 39.0 Å². The molecule has 0 radical (unpaired) electrons. The Bertz CT molecular complexity index is 1640. The van der Waals surface area contributed by atoms with Crippen LogP contribution in [-0.4, -0.2) is 77.0 Å². The van der Waals surface area contributed by atoms with Gasteiger partial charge in [-0.15, -0.1) is 0 Å². The molecule has 0 saturated carbocycles. The van der Waals surface area contributed by atoms with Crippen molar-refractivity contribution < 1.29 is 28.4 Å². The number of carbonyl (C=O) groups excluding carboxylic acids is 3. The van der Waals surface area contributed by atoms with Crippen LogP contribution in [0.15, 0.2) is 71.7 Å². The molecule has 2 heterocycles. The molecule has 0 aliphatic carbocycles. The number of rotatable bonds is 8. The molecule has 0 spiro atoms. The first-order valence-electron chi connectivity index (χ1n) is 14.2. The minimum absolute atomic E-state index is 0.0123. The van der Waals surface area contributed by atoms with Crippen molar-refractivity contribution in [1.82, 2.24) is 9.80 Å². The molecule has 0 saturated heterocycles. The normalized spacial score (nSPS) is 18.3. The first-order chi connectivity index (χ1) is 21.0. The zero-order valence-corrected chi connectivity index (χ0v) is 26.4. The number of nitrogens with zero attached hydrogens (tertiary/aromatic N) is 4. The Balaban J connectivity index is 1.69. The fraction of sp³-hybridized carbons (Fsp3) is 0.303. The number of halogens is 2. The van der Waals surface area contributed by atoms with Gasteiger partial charge in [0.2, 0.25) is 5.84 Å². The summed E-state index contributed by atoms with van der Waals surface area (Å²) in [6.07, 6.45) is 1.46. The number of amidine groups is 1. The number of hydrogen-bond acceptors (Lipinski definition) is 6. The number of methoxy groups -OCH3 is 1. The first-order valence-corrected chi connectivity index (χ1v) is 15.0. The molecule has 2 aliphatic heterocycles. The van der Waals surface area contributed by atoms with Crippen molar-refractivity contribution >= 4 is 53.0 Å². The highest BCUT2D eigenvalue weighted by Gasteiger charge is 2.51. The molecule has 9 nitrogen and oxygen atoms in total. The van der Waals surface area contributed by atoms with E-state index in [1.807, 2.05) is 44.2 Å². The van der Waals surface area contributed by atoms with E-state index in [-0.39, 0.29) is 37.4 Å².